The Bertz CT molecular complexity index is 1180. The Hall–Kier alpha value is -4.94. The van der Waals surface area contributed by atoms with E-state index in [1.54, 1.807) is 12.1 Å². The molecule has 0 spiro atoms. The molecule has 3 aromatic rings. The summed E-state index contributed by atoms with van der Waals surface area (Å²) in [6.45, 7) is 0. The molecule has 13 nitrogen and oxygen atoms in total. The number of aromatic nitrogens is 1. The number of nitrogens with zero attached hydrogens (tertiary/aromatic N) is 5. The fourth-order valence-electron chi connectivity index (χ4n) is 2.40. The molecule has 156 valence electrons. The Morgan fingerprint density at radius 3 is 2.26 bits per heavy atom. The van der Waals surface area contributed by atoms with Gasteiger partial charge in [0.1, 0.15) is 5.75 Å². The second-order valence-electron chi connectivity index (χ2n) is 5.84. The van der Waals surface area contributed by atoms with Crippen molar-refractivity contribution in [3.05, 3.63) is 96.7 Å². The average Bonchev–Trinajstić information content (AvgIpc) is 2.75. The van der Waals surface area contributed by atoms with Crippen molar-refractivity contribution in [3.8, 4) is 11.5 Å². The number of pyridine rings is 1. The van der Waals surface area contributed by atoms with Crippen LogP contribution in [-0.4, -0.2) is 26.0 Å². The first kappa shape index (κ1) is 20.8. The summed E-state index contributed by atoms with van der Waals surface area (Å²) in [6.07, 6.45) is 2.77. The van der Waals surface area contributed by atoms with E-state index in [2.05, 4.69) is 15.5 Å². The number of non-ortho nitro benzene ring substituents is 1. The molecule has 0 fully saturated rings. The number of benzene rings is 2. The van der Waals surface area contributed by atoms with Crippen LogP contribution in [0.15, 0.2) is 65.9 Å². The third-order valence-corrected chi connectivity index (χ3v) is 3.83. The molecule has 13 heteroatoms. The quantitative estimate of drug-likeness (QED) is 0.317. The van der Waals surface area contributed by atoms with Gasteiger partial charge in [-0.05, 0) is 42.0 Å². The molecule has 1 heterocycles. The van der Waals surface area contributed by atoms with Gasteiger partial charge in [-0.2, -0.15) is 5.10 Å². The Balaban J connectivity index is 1.71. The van der Waals surface area contributed by atoms with Gasteiger partial charge in [0.2, 0.25) is 11.6 Å². The molecule has 0 radical (unpaired) electrons. The molecule has 0 saturated heterocycles. The van der Waals surface area contributed by atoms with E-state index in [4.69, 9.17) is 4.74 Å². The maximum absolute atomic E-state index is 11.2. The summed E-state index contributed by atoms with van der Waals surface area (Å²) < 4.78 is 5.47. The van der Waals surface area contributed by atoms with Crippen molar-refractivity contribution < 1.29 is 19.5 Å². The highest BCUT2D eigenvalue weighted by Gasteiger charge is 2.21. The summed E-state index contributed by atoms with van der Waals surface area (Å²) in [5.41, 5.74) is 1.89. The number of hydrazone groups is 1. The molecule has 1 N–H and O–H groups in total. The molecular formula is C18H12N6O7. The van der Waals surface area contributed by atoms with Crippen LogP contribution in [0.3, 0.4) is 0 Å². The largest absolute Gasteiger partial charge is 0.450 e. The van der Waals surface area contributed by atoms with Gasteiger partial charge in [0.25, 0.3) is 5.69 Å². The van der Waals surface area contributed by atoms with Crippen molar-refractivity contribution in [3.63, 3.8) is 0 Å². The number of hydrogen-bond acceptors (Lipinski definition) is 10. The summed E-state index contributed by atoms with van der Waals surface area (Å²) in [5, 5.41) is 36.8. The number of anilines is 1. The topological polar surface area (TPSA) is 176 Å². The Morgan fingerprint density at radius 1 is 0.903 bits per heavy atom. The molecule has 1 aromatic heterocycles. The number of ether oxygens (including phenoxy) is 1. The second kappa shape index (κ2) is 9.04. The standard InChI is InChI=1S/C18H12N6O7/c25-22(26)13-5-8-17(16(10-13)24(29)30)31-14-6-3-12(4-7-14)11-20-21-18-15(23(27)28)2-1-9-19-18/h1-11H,(H,19,21)/b20-11+. The Morgan fingerprint density at radius 2 is 1.61 bits per heavy atom. The highest BCUT2D eigenvalue weighted by molar-refractivity contribution is 5.80. The summed E-state index contributed by atoms with van der Waals surface area (Å²) in [6, 6.07) is 12.0. The molecule has 0 unspecified atom stereocenters. The van der Waals surface area contributed by atoms with Crippen molar-refractivity contribution in [2.24, 2.45) is 5.10 Å². The number of nitrogens with one attached hydrogen (secondary N) is 1. The van der Waals surface area contributed by atoms with Crippen LogP contribution >= 0.6 is 0 Å². The zero-order valence-electron chi connectivity index (χ0n) is 15.4. The van der Waals surface area contributed by atoms with Crippen LogP contribution in [0.25, 0.3) is 0 Å². The Labute approximate surface area is 173 Å². The molecule has 31 heavy (non-hydrogen) atoms. The van der Waals surface area contributed by atoms with Gasteiger partial charge in [0.15, 0.2) is 0 Å². The molecule has 0 aliphatic rings. The number of nitro benzene ring substituents is 2. The van der Waals surface area contributed by atoms with Crippen molar-refractivity contribution >= 4 is 29.1 Å². The highest BCUT2D eigenvalue weighted by atomic mass is 16.6. The predicted molar refractivity (Wildman–Crippen MR) is 108 cm³/mol. The SMILES string of the molecule is O=[N+]([O-])c1ccc(Oc2ccc(/C=N/Nc3ncccc3[N+](=O)[O-])cc2)c([N+](=O)[O-])c1. The molecule has 3 rings (SSSR count). The molecule has 0 aliphatic carbocycles. The first-order valence-electron chi connectivity index (χ1n) is 8.44. The van der Waals surface area contributed by atoms with Gasteiger partial charge in [-0.25, -0.2) is 4.98 Å². The Kier molecular flexibility index (Phi) is 6.06. The van der Waals surface area contributed by atoms with Gasteiger partial charge in [0, 0.05) is 18.3 Å². The van der Waals surface area contributed by atoms with Crippen LogP contribution in [0.1, 0.15) is 5.56 Å². The van der Waals surface area contributed by atoms with Crippen molar-refractivity contribution in [1.82, 2.24) is 4.98 Å². The van der Waals surface area contributed by atoms with Gasteiger partial charge in [-0.3, -0.25) is 35.8 Å². The highest BCUT2D eigenvalue weighted by Crippen LogP contribution is 2.34. The normalized spacial score (nSPS) is 10.6. The summed E-state index contributed by atoms with van der Waals surface area (Å²) >= 11 is 0. The van der Waals surface area contributed by atoms with Crippen LogP contribution in [0.4, 0.5) is 22.9 Å². The van der Waals surface area contributed by atoms with Crippen LogP contribution < -0.4 is 10.2 Å². The predicted octanol–water partition coefficient (Wildman–Crippen LogP) is 4.04. The molecule has 0 bridgehead atoms. The average molecular weight is 424 g/mol. The van der Waals surface area contributed by atoms with Crippen molar-refractivity contribution in [1.29, 1.82) is 0 Å². The molecular weight excluding hydrogens is 412 g/mol. The summed E-state index contributed by atoms with van der Waals surface area (Å²) in [4.78, 5) is 34.7. The van der Waals surface area contributed by atoms with Crippen LogP contribution in [0.5, 0.6) is 11.5 Å². The summed E-state index contributed by atoms with van der Waals surface area (Å²) in [5.74, 6) is 0.0813. The lowest BCUT2D eigenvalue weighted by Gasteiger charge is -2.06. The van der Waals surface area contributed by atoms with Crippen LogP contribution in [0.2, 0.25) is 0 Å². The maximum Gasteiger partial charge on any atom is 0.318 e. The van der Waals surface area contributed by atoms with Crippen molar-refractivity contribution in [2.75, 3.05) is 5.43 Å². The molecule has 0 atom stereocenters. The van der Waals surface area contributed by atoms with E-state index < -0.39 is 26.1 Å². The number of rotatable bonds is 8. The smallest absolute Gasteiger partial charge is 0.318 e. The fourth-order valence-corrected chi connectivity index (χ4v) is 2.40. The fraction of sp³-hybridized carbons (Fsp3) is 0. The van der Waals surface area contributed by atoms with E-state index in [1.807, 2.05) is 0 Å². The molecule has 0 amide bonds. The lowest BCUT2D eigenvalue weighted by atomic mass is 10.2. The van der Waals surface area contributed by atoms with Gasteiger partial charge in [-0.1, -0.05) is 0 Å². The number of hydrogen-bond donors (Lipinski definition) is 1. The minimum absolute atomic E-state index is 0.0193. The third kappa shape index (κ3) is 5.11. The molecule has 2 aromatic carbocycles. The molecule has 0 saturated carbocycles. The van der Waals surface area contributed by atoms with E-state index in [1.165, 1.54) is 36.7 Å². The van der Waals surface area contributed by atoms with Crippen LogP contribution in [-0.2, 0) is 0 Å². The monoisotopic (exact) mass is 424 g/mol. The minimum Gasteiger partial charge on any atom is -0.450 e. The van der Waals surface area contributed by atoms with Crippen molar-refractivity contribution in [2.45, 2.75) is 0 Å². The maximum atomic E-state index is 11.2. The third-order valence-electron chi connectivity index (χ3n) is 3.83. The van der Waals surface area contributed by atoms with E-state index >= 15 is 0 Å². The minimum atomic E-state index is -0.772. The van der Waals surface area contributed by atoms with E-state index in [0.717, 1.165) is 18.2 Å². The summed E-state index contributed by atoms with van der Waals surface area (Å²) in [7, 11) is 0. The van der Waals surface area contributed by atoms with E-state index in [9.17, 15) is 30.3 Å². The van der Waals surface area contributed by atoms with Gasteiger partial charge in [0.05, 0.1) is 27.1 Å². The first-order valence-corrected chi connectivity index (χ1v) is 8.44. The lowest BCUT2D eigenvalue weighted by Crippen LogP contribution is -1.99. The van der Waals surface area contributed by atoms with Gasteiger partial charge < -0.3 is 4.74 Å². The zero-order chi connectivity index (χ0) is 22.4. The lowest BCUT2D eigenvalue weighted by molar-refractivity contribution is -0.394. The number of nitro groups is 3. The van der Waals surface area contributed by atoms with E-state index in [0.29, 0.717) is 5.56 Å². The zero-order valence-corrected chi connectivity index (χ0v) is 15.4. The van der Waals surface area contributed by atoms with E-state index in [-0.39, 0.29) is 23.0 Å². The van der Waals surface area contributed by atoms with Gasteiger partial charge >= 0.3 is 11.4 Å². The van der Waals surface area contributed by atoms with Gasteiger partial charge in [-0.15, -0.1) is 0 Å². The van der Waals surface area contributed by atoms with Crippen LogP contribution in [0, 0.1) is 30.3 Å². The second-order valence-corrected chi connectivity index (χ2v) is 5.84. The first-order chi connectivity index (χ1) is 14.8. The molecule has 0 aliphatic heterocycles.